The van der Waals surface area contributed by atoms with E-state index in [0.29, 0.717) is 12.2 Å². The van der Waals surface area contributed by atoms with Gasteiger partial charge in [0.25, 0.3) is 0 Å². The second-order valence-electron chi connectivity index (χ2n) is 4.22. The first-order valence-electron chi connectivity index (χ1n) is 6.58. The van der Waals surface area contributed by atoms with Crippen LogP contribution in [0.25, 0.3) is 0 Å². The van der Waals surface area contributed by atoms with Gasteiger partial charge in [0.2, 0.25) is 0 Å². The fourth-order valence-electron chi connectivity index (χ4n) is 1.45. The highest BCUT2D eigenvalue weighted by Crippen LogP contribution is 2.09. The van der Waals surface area contributed by atoms with Gasteiger partial charge in [-0.05, 0) is 24.3 Å². The van der Waals surface area contributed by atoms with E-state index >= 15 is 0 Å². The van der Waals surface area contributed by atoms with Gasteiger partial charge in [0.1, 0.15) is 6.61 Å². The number of anilines is 1. The van der Waals surface area contributed by atoms with E-state index in [0.717, 1.165) is 0 Å². The van der Waals surface area contributed by atoms with Crippen molar-refractivity contribution in [3.05, 3.63) is 29.8 Å². The van der Waals surface area contributed by atoms with Crippen molar-refractivity contribution in [2.75, 3.05) is 31.7 Å². The molecular formula is C14H18N2O6. The Bertz CT molecular complexity index is 515. The summed E-state index contributed by atoms with van der Waals surface area (Å²) in [6.45, 7) is 2.33. The zero-order valence-corrected chi connectivity index (χ0v) is 12.1. The maximum absolute atomic E-state index is 11.5. The number of hydrogen-bond donors (Lipinski definition) is 3. The van der Waals surface area contributed by atoms with Crippen LogP contribution in [0.5, 0.6) is 0 Å². The monoisotopic (exact) mass is 310 g/mol. The molecule has 0 atom stereocenters. The average Bonchev–Trinajstić information content (AvgIpc) is 2.46. The highest BCUT2D eigenvalue weighted by Gasteiger charge is 2.04. The summed E-state index contributed by atoms with van der Waals surface area (Å²) in [4.78, 5) is 32.7. The largest absolute Gasteiger partial charge is 0.478 e. The summed E-state index contributed by atoms with van der Waals surface area (Å²) in [6.07, 6.45) is 0. The molecule has 0 spiro atoms. The van der Waals surface area contributed by atoms with Crippen molar-refractivity contribution in [2.24, 2.45) is 0 Å². The van der Waals surface area contributed by atoms with Gasteiger partial charge < -0.3 is 25.2 Å². The number of esters is 1. The van der Waals surface area contributed by atoms with Crippen LogP contribution in [0.15, 0.2) is 24.3 Å². The van der Waals surface area contributed by atoms with E-state index in [2.05, 4.69) is 15.4 Å². The number of aromatic carboxylic acids is 1. The molecule has 0 bridgehead atoms. The molecule has 0 unspecified atom stereocenters. The number of carbonyl (C=O) groups is 3. The fourth-order valence-corrected chi connectivity index (χ4v) is 1.45. The lowest BCUT2D eigenvalue weighted by Crippen LogP contribution is -2.31. The van der Waals surface area contributed by atoms with Crippen molar-refractivity contribution in [3.8, 4) is 0 Å². The lowest BCUT2D eigenvalue weighted by atomic mass is 10.2. The predicted molar refractivity (Wildman–Crippen MR) is 77.9 cm³/mol. The lowest BCUT2D eigenvalue weighted by molar-refractivity contribution is -0.142. The van der Waals surface area contributed by atoms with Crippen LogP contribution in [-0.4, -0.2) is 49.4 Å². The first-order valence-corrected chi connectivity index (χ1v) is 6.58. The summed E-state index contributed by atoms with van der Waals surface area (Å²) in [6, 6.07) is 5.37. The van der Waals surface area contributed by atoms with Crippen LogP contribution in [0.3, 0.4) is 0 Å². The van der Waals surface area contributed by atoms with Crippen molar-refractivity contribution in [3.63, 3.8) is 0 Å². The Morgan fingerprint density at radius 1 is 1.09 bits per heavy atom. The highest BCUT2D eigenvalue weighted by atomic mass is 16.6. The first-order chi connectivity index (χ1) is 10.5. The second-order valence-corrected chi connectivity index (χ2v) is 4.22. The molecule has 22 heavy (non-hydrogen) atoms. The van der Waals surface area contributed by atoms with Crippen LogP contribution in [0, 0.1) is 0 Å². The Labute approximate surface area is 127 Å². The number of ether oxygens (including phenoxy) is 2. The fraction of sp³-hybridized carbons (Fsp3) is 0.357. The molecule has 0 aromatic heterocycles. The predicted octanol–water partition coefficient (Wildman–Crippen LogP) is 1.09. The van der Waals surface area contributed by atoms with Crippen molar-refractivity contribution in [1.82, 2.24) is 5.32 Å². The number of hydrogen-bond acceptors (Lipinski definition) is 5. The van der Waals surface area contributed by atoms with Crippen molar-refractivity contribution in [1.29, 1.82) is 0 Å². The summed E-state index contributed by atoms with van der Waals surface area (Å²) >= 11 is 0. The van der Waals surface area contributed by atoms with Gasteiger partial charge in [-0.15, -0.1) is 0 Å². The van der Waals surface area contributed by atoms with Gasteiger partial charge in [0.15, 0.2) is 0 Å². The highest BCUT2D eigenvalue weighted by molar-refractivity contribution is 5.91. The van der Waals surface area contributed by atoms with Crippen LogP contribution in [0.4, 0.5) is 10.5 Å². The normalized spacial score (nSPS) is 9.86. The molecule has 1 rings (SSSR count). The van der Waals surface area contributed by atoms with Gasteiger partial charge in [-0.3, -0.25) is 4.79 Å². The number of amides is 2. The van der Waals surface area contributed by atoms with Gasteiger partial charge in [-0.25, -0.2) is 9.59 Å². The summed E-state index contributed by atoms with van der Waals surface area (Å²) < 4.78 is 9.81. The Hall–Kier alpha value is -2.61. The van der Waals surface area contributed by atoms with E-state index < -0.39 is 12.0 Å². The zero-order valence-electron chi connectivity index (χ0n) is 12.1. The van der Waals surface area contributed by atoms with Crippen molar-refractivity contribution < 1.29 is 29.0 Å². The maximum atomic E-state index is 11.5. The van der Waals surface area contributed by atoms with E-state index in [1.165, 1.54) is 31.2 Å². The van der Waals surface area contributed by atoms with Gasteiger partial charge in [-0.1, -0.05) is 0 Å². The number of carboxylic acids is 1. The Morgan fingerprint density at radius 3 is 2.36 bits per heavy atom. The minimum atomic E-state index is -1.03. The first kappa shape index (κ1) is 17.4. The van der Waals surface area contributed by atoms with E-state index in [9.17, 15) is 14.4 Å². The van der Waals surface area contributed by atoms with E-state index in [1.54, 1.807) is 0 Å². The second kappa shape index (κ2) is 9.35. The Kier molecular flexibility index (Phi) is 7.41. The molecule has 8 heteroatoms. The Balaban J connectivity index is 2.15. The number of carboxylic acid groups (broad SMARTS) is 1. The molecule has 3 N–H and O–H groups in total. The molecule has 2 amide bonds. The van der Waals surface area contributed by atoms with Crippen molar-refractivity contribution in [2.45, 2.75) is 6.92 Å². The van der Waals surface area contributed by atoms with E-state index in [-0.39, 0.29) is 31.4 Å². The van der Waals surface area contributed by atoms with Crippen LogP contribution in [-0.2, 0) is 14.3 Å². The number of benzene rings is 1. The lowest BCUT2D eigenvalue weighted by Gasteiger charge is -2.08. The number of urea groups is 1. The molecule has 0 aliphatic heterocycles. The minimum absolute atomic E-state index is 0.145. The van der Waals surface area contributed by atoms with Gasteiger partial charge in [0.05, 0.1) is 18.8 Å². The third kappa shape index (κ3) is 7.25. The molecule has 1 aromatic carbocycles. The van der Waals surface area contributed by atoms with Gasteiger partial charge in [0, 0.05) is 19.2 Å². The van der Waals surface area contributed by atoms with Crippen LogP contribution < -0.4 is 10.6 Å². The van der Waals surface area contributed by atoms with Crippen LogP contribution >= 0.6 is 0 Å². The quantitative estimate of drug-likeness (QED) is 0.489. The number of carbonyl (C=O) groups excluding carboxylic acids is 2. The SMILES string of the molecule is CC(=O)OCCOCCNC(=O)Nc1ccc(C(=O)O)cc1. The molecule has 0 saturated heterocycles. The summed E-state index contributed by atoms with van der Waals surface area (Å²) in [7, 11) is 0. The number of nitrogens with one attached hydrogen (secondary N) is 2. The summed E-state index contributed by atoms with van der Waals surface area (Å²) in [5.74, 6) is -1.39. The van der Waals surface area contributed by atoms with E-state index in [4.69, 9.17) is 9.84 Å². The average molecular weight is 310 g/mol. The smallest absolute Gasteiger partial charge is 0.335 e. The summed E-state index contributed by atoms with van der Waals surface area (Å²) in [5, 5.41) is 13.9. The maximum Gasteiger partial charge on any atom is 0.335 e. The third-order valence-electron chi connectivity index (χ3n) is 2.45. The molecule has 1 aromatic rings. The molecular weight excluding hydrogens is 292 g/mol. The minimum Gasteiger partial charge on any atom is -0.478 e. The van der Waals surface area contributed by atoms with Gasteiger partial charge >= 0.3 is 18.0 Å². The molecule has 8 nitrogen and oxygen atoms in total. The molecule has 0 aliphatic rings. The van der Waals surface area contributed by atoms with Crippen LogP contribution in [0.1, 0.15) is 17.3 Å². The van der Waals surface area contributed by atoms with Gasteiger partial charge in [-0.2, -0.15) is 0 Å². The molecule has 0 aliphatic carbocycles. The molecule has 0 heterocycles. The standard InChI is InChI=1S/C14H18N2O6/c1-10(17)22-9-8-21-7-6-15-14(20)16-12-4-2-11(3-5-12)13(18)19/h2-5H,6-9H2,1H3,(H,18,19)(H2,15,16,20). The molecule has 0 radical (unpaired) electrons. The van der Waals surface area contributed by atoms with Crippen LogP contribution in [0.2, 0.25) is 0 Å². The molecule has 0 saturated carbocycles. The zero-order chi connectivity index (χ0) is 16.4. The topological polar surface area (TPSA) is 114 Å². The third-order valence-corrected chi connectivity index (χ3v) is 2.45. The summed E-state index contributed by atoms with van der Waals surface area (Å²) in [5.41, 5.74) is 0.630. The van der Waals surface area contributed by atoms with E-state index in [1.807, 2.05) is 0 Å². The number of rotatable bonds is 8. The molecule has 0 fully saturated rings. The Morgan fingerprint density at radius 2 is 1.77 bits per heavy atom. The van der Waals surface area contributed by atoms with Crippen molar-refractivity contribution >= 4 is 23.7 Å². The molecule has 120 valence electrons.